The molecule has 110 valence electrons. The van der Waals surface area contributed by atoms with Gasteiger partial charge in [-0.2, -0.15) is 0 Å². The summed E-state index contributed by atoms with van der Waals surface area (Å²) in [7, 11) is 3.16. The number of hydrogen-bond acceptors (Lipinski definition) is 3. The third-order valence-electron chi connectivity index (χ3n) is 2.91. The molecule has 0 radical (unpaired) electrons. The number of carbonyl (C=O) groups excluding carboxylic acids is 2. The number of ether oxygens (including phenoxy) is 1. The first-order valence-corrected chi connectivity index (χ1v) is 7.11. The maximum atomic E-state index is 11.9. The SMILES string of the molecule is CNC(=O)c1cc(Br)ccc1NC(=O)CCC(C)OC. The molecule has 0 heterocycles. The summed E-state index contributed by atoms with van der Waals surface area (Å²) in [5.74, 6) is -0.381. The Kier molecular flexibility index (Phi) is 6.67. The van der Waals surface area contributed by atoms with Crippen molar-refractivity contribution in [1.29, 1.82) is 0 Å². The molecule has 1 unspecified atom stereocenters. The smallest absolute Gasteiger partial charge is 0.253 e. The van der Waals surface area contributed by atoms with Gasteiger partial charge in [0.1, 0.15) is 0 Å². The maximum Gasteiger partial charge on any atom is 0.253 e. The largest absolute Gasteiger partial charge is 0.382 e. The summed E-state index contributed by atoms with van der Waals surface area (Å²) < 4.78 is 5.88. The van der Waals surface area contributed by atoms with Gasteiger partial charge < -0.3 is 15.4 Å². The Bertz CT molecular complexity index is 491. The normalized spacial score (nSPS) is 11.8. The molecule has 0 bridgehead atoms. The van der Waals surface area contributed by atoms with E-state index in [4.69, 9.17) is 4.74 Å². The lowest BCUT2D eigenvalue weighted by Gasteiger charge is -2.12. The number of rotatable bonds is 6. The van der Waals surface area contributed by atoms with Gasteiger partial charge in [-0.25, -0.2) is 0 Å². The van der Waals surface area contributed by atoms with Crippen LogP contribution in [0.3, 0.4) is 0 Å². The summed E-state index contributed by atoms with van der Waals surface area (Å²) in [6, 6.07) is 5.15. The second-order valence-electron chi connectivity index (χ2n) is 4.40. The first-order chi connectivity index (χ1) is 9.47. The van der Waals surface area contributed by atoms with E-state index in [-0.39, 0.29) is 17.9 Å². The highest BCUT2D eigenvalue weighted by Crippen LogP contribution is 2.21. The van der Waals surface area contributed by atoms with Crippen LogP contribution in [0.1, 0.15) is 30.1 Å². The van der Waals surface area contributed by atoms with Gasteiger partial charge in [-0.15, -0.1) is 0 Å². The molecule has 0 aromatic heterocycles. The molecule has 1 atom stereocenters. The summed E-state index contributed by atoms with van der Waals surface area (Å²) in [5, 5.41) is 5.31. The highest BCUT2D eigenvalue weighted by atomic mass is 79.9. The van der Waals surface area contributed by atoms with E-state index in [0.717, 1.165) is 4.47 Å². The van der Waals surface area contributed by atoms with E-state index in [2.05, 4.69) is 26.6 Å². The average Bonchev–Trinajstić information content (AvgIpc) is 2.45. The van der Waals surface area contributed by atoms with Crippen molar-refractivity contribution in [3.05, 3.63) is 28.2 Å². The van der Waals surface area contributed by atoms with Crippen LogP contribution in [0.2, 0.25) is 0 Å². The number of hydrogen-bond donors (Lipinski definition) is 2. The predicted octanol–water partition coefficient (Wildman–Crippen LogP) is 2.56. The summed E-state index contributed by atoms with van der Waals surface area (Å²) in [5.41, 5.74) is 0.928. The highest BCUT2D eigenvalue weighted by Gasteiger charge is 2.13. The lowest BCUT2D eigenvalue weighted by molar-refractivity contribution is -0.116. The summed E-state index contributed by atoms with van der Waals surface area (Å²) in [6.45, 7) is 1.91. The molecule has 1 aromatic rings. The van der Waals surface area contributed by atoms with Crippen LogP contribution < -0.4 is 10.6 Å². The lowest BCUT2D eigenvalue weighted by Crippen LogP contribution is -2.22. The third kappa shape index (κ3) is 4.94. The fourth-order valence-corrected chi connectivity index (χ4v) is 1.97. The van der Waals surface area contributed by atoms with Crippen LogP contribution in [0, 0.1) is 0 Å². The minimum absolute atomic E-state index is 0.0316. The number of halogens is 1. The molecule has 2 amide bonds. The molecule has 2 N–H and O–H groups in total. The van der Waals surface area contributed by atoms with E-state index in [0.29, 0.717) is 24.1 Å². The summed E-state index contributed by atoms with van der Waals surface area (Å²) in [4.78, 5) is 23.6. The van der Waals surface area contributed by atoms with Crippen molar-refractivity contribution in [2.75, 3.05) is 19.5 Å². The molecule has 0 saturated heterocycles. The van der Waals surface area contributed by atoms with E-state index in [9.17, 15) is 9.59 Å². The van der Waals surface area contributed by atoms with Crippen molar-refractivity contribution >= 4 is 33.4 Å². The molecule has 20 heavy (non-hydrogen) atoms. The van der Waals surface area contributed by atoms with E-state index in [1.54, 1.807) is 32.4 Å². The Morgan fingerprint density at radius 3 is 2.70 bits per heavy atom. The predicted molar refractivity (Wildman–Crippen MR) is 81.9 cm³/mol. The number of benzene rings is 1. The van der Waals surface area contributed by atoms with Crippen LogP contribution in [0.5, 0.6) is 0 Å². The number of nitrogens with one attached hydrogen (secondary N) is 2. The Labute approximate surface area is 127 Å². The van der Waals surface area contributed by atoms with E-state index in [1.807, 2.05) is 6.92 Å². The van der Waals surface area contributed by atoms with Gasteiger partial charge in [-0.05, 0) is 31.5 Å². The summed E-state index contributed by atoms with van der Waals surface area (Å²) in [6.07, 6.45) is 1.01. The van der Waals surface area contributed by atoms with Crippen LogP contribution in [0.4, 0.5) is 5.69 Å². The van der Waals surface area contributed by atoms with Crippen molar-refractivity contribution in [2.24, 2.45) is 0 Å². The van der Waals surface area contributed by atoms with Crippen LogP contribution in [-0.4, -0.2) is 32.1 Å². The zero-order valence-electron chi connectivity index (χ0n) is 11.8. The van der Waals surface area contributed by atoms with Gasteiger partial charge in [0, 0.05) is 25.1 Å². The Hall–Kier alpha value is -1.40. The zero-order valence-corrected chi connectivity index (χ0v) is 13.4. The average molecular weight is 343 g/mol. The van der Waals surface area contributed by atoms with Crippen LogP contribution in [0.25, 0.3) is 0 Å². The van der Waals surface area contributed by atoms with E-state index in [1.165, 1.54) is 0 Å². The molecule has 0 spiro atoms. The third-order valence-corrected chi connectivity index (χ3v) is 3.40. The Morgan fingerprint density at radius 2 is 2.10 bits per heavy atom. The van der Waals surface area contributed by atoms with Crippen LogP contribution in [0.15, 0.2) is 22.7 Å². The fraction of sp³-hybridized carbons (Fsp3) is 0.429. The van der Waals surface area contributed by atoms with Crippen LogP contribution >= 0.6 is 15.9 Å². The van der Waals surface area contributed by atoms with Crippen molar-refractivity contribution in [3.63, 3.8) is 0 Å². The Balaban J connectivity index is 2.76. The molecule has 0 fully saturated rings. The molecule has 1 aromatic carbocycles. The van der Waals surface area contributed by atoms with E-state index < -0.39 is 0 Å². The molecule has 0 aliphatic rings. The summed E-state index contributed by atoms with van der Waals surface area (Å²) >= 11 is 3.31. The molecule has 0 aliphatic carbocycles. The number of carbonyl (C=O) groups is 2. The van der Waals surface area contributed by atoms with Crippen molar-refractivity contribution < 1.29 is 14.3 Å². The highest BCUT2D eigenvalue weighted by molar-refractivity contribution is 9.10. The molecule has 1 rings (SSSR count). The van der Waals surface area contributed by atoms with Gasteiger partial charge in [0.2, 0.25) is 5.91 Å². The van der Waals surface area contributed by atoms with Gasteiger partial charge in [0.25, 0.3) is 5.91 Å². The number of methoxy groups -OCH3 is 1. The fourth-order valence-electron chi connectivity index (χ4n) is 1.61. The Morgan fingerprint density at radius 1 is 1.40 bits per heavy atom. The van der Waals surface area contributed by atoms with Crippen molar-refractivity contribution in [3.8, 4) is 0 Å². The van der Waals surface area contributed by atoms with E-state index >= 15 is 0 Å². The number of anilines is 1. The van der Waals surface area contributed by atoms with Gasteiger partial charge in [-0.1, -0.05) is 15.9 Å². The monoisotopic (exact) mass is 342 g/mol. The quantitative estimate of drug-likeness (QED) is 0.834. The second-order valence-corrected chi connectivity index (χ2v) is 5.32. The number of amides is 2. The minimum Gasteiger partial charge on any atom is -0.382 e. The molecular formula is C14H19BrN2O3. The van der Waals surface area contributed by atoms with Crippen LogP contribution in [-0.2, 0) is 9.53 Å². The minimum atomic E-state index is -0.244. The molecule has 0 aliphatic heterocycles. The topological polar surface area (TPSA) is 67.4 Å². The van der Waals surface area contributed by atoms with Gasteiger partial charge >= 0.3 is 0 Å². The van der Waals surface area contributed by atoms with Crippen molar-refractivity contribution in [1.82, 2.24) is 5.32 Å². The molecule has 5 nitrogen and oxygen atoms in total. The molecule has 6 heteroatoms. The maximum absolute atomic E-state index is 11.9. The first kappa shape index (κ1) is 16.7. The standard InChI is InChI=1S/C14H19BrN2O3/c1-9(20-3)4-7-13(18)17-12-6-5-10(15)8-11(12)14(19)16-2/h5-6,8-9H,4,7H2,1-3H3,(H,16,19)(H,17,18). The van der Waals surface area contributed by atoms with Gasteiger partial charge in [0.15, 0.2) is 0 Å². The lowest BCUT2D eigenvalue weighted by atomic mass is 10.1. The zero-order chi connectivity index (χ0) is 15.1. The van der Waals surface area contributed by atoms with Crippen molar-refractivity contribution in [2.45, 2.75) is 25.9 Å². The van der Waals surface area contributed by atoms with Gasteiger partial charge in [-0.3, -0.25) is 9.59 Å². The van der Waals surface area contributed by atoms with Gasteiger partial charge in [0.05, 0.1) is 17.4 Å². The molecular weight excluding hydrogens is 324 g/mol. The molecule has 0 saturated carbocycles. The first-order valence-electron chi connectivity index (χ1n) is 6.32. The second kappa shape index (κ2) is 8.01.